The standard InChI is InChI=1S/C10H12BrClN2O/c11-8-3-9(12)10(13-4-8)14-2-1-7(5-14)6-15/h3-4,7,15H,1-2,5-6H2. The van der Waals surface area contributed by atoms with Crippen molar-refractivity contribution in [3.63, 3.8) is 0 Å². The highest BCUT2D eigenvalue weighted by Gasteiger charge is 2.24. The Bertz CT molecular complexity index is 361. The number of aromatic nitrogens is 1. The van der Waals surface area contributed by atoms with E-state index in [1.165, 1.54) is 0 Å². The van der Waals surface area contributed by atoms with Crippen LogP contribution in [0.25, 0.3) is 0 Å². The molecule has 1 aromatic rings. The molecule has 1 aromatic heterocycles. The van der Waals surface area contributed by atoms with Crippen LogP contribution in [0.15, 0.2) is 16.7 Å². The molecule has 0 saturated carbocycles. The number of anilines is 1. The van der Waals surface area contributed by atoms with Gasteiger partial charge >= 0.3 is 0 Å². The quantitative estimate of drug-likeness (QED) is 0.908. The molecule has 1 aliphatic heterocycles. The third kappa shape index (κ3) is 2.44. The van der Waals surface area contributed by atoms with Crippen molar-refractivity contribution >= 4 is 33.3 Å². The molecule has 0 spiro atoms. The molecule has 3 nitrogen and oxygen atoms in total. The maximum absolute atomic E-state index is 9.06. The van der Waals surface area contributed by atoms with Crippen molar-refractivity contribution in [1.29, 1.82) is 0 Å². The zero-order valence-electron chi connectivity index (χ0n) is 8.16. The SMILES string of the molecule is OCC1CCN(c2ncc(Br)cc2Cl)C1. The molecule has 1 aliphatic rings. The molecule has 0 radical (unpaired) electrons. The molecule has 2 rings (SSSR count). The van der Waals surface area contributed by atoms with Crippen LogP contribution in [0, 0.1) is 5.92 Å². The predicted octanol–water partition coefficient (Wildman–Crippen LogP) is 2.32. The lowest BCUT2D eigenvalue weighted by atomic mass is 10.1. The van der Waals surface area contributed by atoms with Gasteiger partial charge < -0.3 is 10.0 Å². The Morgan fingerprint density at radius 2 is 2.47 bits per heavy atom. The summed E-state index contributed by atoms with van der Waals surface area (Å²) in [5.41, 5.74) is 0. The van der Waals surface area contributed by atoms with Crippen molar-refractivity contribution in [1.82, 2.24) is 4.98 Å². The number of halogens is 2. The molecular weight excluding hydrogens is 279 g/mol. The Labute approximate surface area is 102 Å². The molecule has 1 saturated heterocycles. The number of aliphatic hydroxyl groups excluding tert-OH is 1. The lowest BCUT2D eigenvalue weighted by Crippen LogP contribution is -2.21. The third-order valence-electron chi connectivity index (χ3n) is 2.63. The van der Waals surface area contributed by atoms with E-state index in [-0.39, 0.29) is 6.61 Å². The normalized spacial score (nSPS) is 21.0. The minimum absolute atomic E-state index is 0.241. The van der Waals surface area contributed by atoms with Gasteiger partial charge in [0.15, 0.2) is 0 Å². The fourth-order valence-electron chi connectivity index (χ4n) is 1.81. The van der Waals surface area contributed by atoms with Gasteiger partial charge in [-0.05, 0) is 28.4 Å². The predicted molar refractivity (Wildman–Crippen MR) is 64.4 cm³/mol. The van der Waals surface area contributed by atoms with Crippen molar-refractivity contribution in [3.8, 4) is 0 Å². The van der Waals surface area contributed by atoms with E-state index in [1.807, 2.05) is 6.07 Å². The number of rotatable bonds is 2. The summed E-state index contributed by atoms with van der Waals surface area (Å²) in [5.74, 6) is 1.17. The van der Waals surface area contributed by atoms with Crippen LogP contribution >= 0.6 is 27.5 Å². The van der Waals surface area contributed by atoms with Gasteiger partial charge in [-0.1, -0.05) is 11.6 Å². The number of hydrogen-bond donors (Lipinski definition) is 1. The highest BCUT2D eigenvalue weighted by Crippen LogP contribution is 2.29. The molecule has 5 heteroatoms. The van der Waals surface area contributed by atoms with E-state index in [0.717, 1.165) is 29.8 Å². The Kier molecular flexibility index (Phi) is 3.49. The highest BCUT2D eigenvalue weighted by atomic mass is 79.9. The molecule has 0 bridgehead atoms. The van der Waals surface area contributed by atoms with Gasteiger partial charge in [-0.3, -0.25) is 0 Å². The summed E-state index contributed by atoms with van der Waals surface area (Å²) >= 11 is 9.43. The first-order valence-corrected chi connectivity index (χ1v) is 6.04. The second kappa shape index (κ2) is 4.68. The van der Waals surface area contributed by atoms with Crippen molar-refractivity contribution < 1.29 is 5.11 Å². The van der Waals surface area contributed by atoms with Gasteiger partial charge in [-0.25, -0.2) is 4.98 Å². The number of nitrogens with zero attached hydrogens (tertiary/aromatic N) is 2. The first-order chi connectivity index (χ1) is 7.20. The van der Waals surface area contributed by atoms with E-state index >= 15 is 0 Å². The van der Waals surface area contributed by atoms with Crippen molar-refractivity contribution in [2.45, 2.75) is 6.42 Å². The summed E-state index contributed by atoms with van der Waals surface area (Å²) < 4.78 is 0.883. The van der Waals surface area contributed by atoms with Gasteiger partial charge in [0, 0.05) is 36.3 Å². The summed E-state index contributed by atoms with van der Waals surface area (Å²) in [6, 6.07) is 1.84. The molecule has 1 N–H and O–H groups in total. The third-order valence-corrected chi connectivity index (χ3v) is 3.34. The smallest absolute Gasteiger partial charge is 0.147 e. The van der Waals surface area contributed by atoms with Crippen molar-refractivity contribution in [3.05, 3.63) is 21.8 Å². The highest BCUT2D eigenvalue weighted by molar-refractivity contribution is 9.10. The molecule has 0 amide bonds. The summed E-state index contributed by atoms with van der Waals surface area (Å²) in [4.78, 5) is 6.41. The number of pyridine rings is 1. The summed E-state index contributed by atoms with van der Waals surface area (Å²) in [7, 11) is 0. The molecule has 2 heterocycles. The largest absolute Gasteiger partial charge is 0.396 e. The number of hydrogen-bond acceptors (Lipinski definition) is 3. The number of aliphatic hydroxyl groups is 1. The van der Waals surface area contributed by atoms with Gasteiger partial charge in [-0.15, -0.1) is 0 Å². The summed E-state index contributed by atoms with van der Waals surface area (Å²) in [6.07, 6.45) is 2.75. The Balaban J connectivity index is 2.17. The molecule has 0 aromatic carbocycles. The van der Waals surface area contributed by atoms with Gasteiger partial charge in [0.05, 0.1) is 5.02 Å². The van der Waals surface area contributed by atoms with E-state index in [1.54, 1.807) is 6.20 Å². The van der Waals surface area contributed by atoms with Crippen LogP contribution in [0.3, 0.4) is 0 Å². The zero-order chi connectivity index (χ0) is 10.8. The lowest BCUT2D eigenvalue weighted by molar-refractivity contribution is 0.238. The van der Waals surface area contributed by atoms with E-state index in [0.29, 0.717) is 10.9 Å². The first-order valence-electron chi connectivity index (χ1n) is 4.87. The fourth-order valence-corrected chi connectivity index (χ4v) is 2.56. The van der Waals surface area contributed by atoms with E-state index in [4.69, 9.17) is 16.7 Å². The average molecular weight is 292 g/mol. The Morgan fingerprint density at radius 3 is 3.07 bits per heavy atom. The summed E-state index contributed by atoms with van der Waals surface area (Å²) in [5, 5.41) is 9.71. The van der Waals surface area contributed by atoms with Gasteiger partial charge in [0.2, 0.25) is 0 Å². The van der Waals surface area contributed by atoms with Gasteiger partial charge in [0.25, 0.3) is 0 Å². The Morgan fingerprint density at radius 1 is 1.67 bits per heavy atom. The Hall–Kier alpha value is -0.320. The van der Waals surface area contributed by atoms with Crippen LogP contribution in [0.5, 0.6) is 0 Å². The van der Waals surface area contributed by atoms with E-state index in [2.05, 4.69) is 25.8 Å². The molecular formula is C10H12BrClN2O. The molecule has 1 atom stereocenters. The zero-order valence-corrected chi connectivity index (χ0v) is 10.5. The van der Waals surface area contributed by atoms with Gasteiger partial charge in [-0.2, -0.15) is 0 Å². The minimum Gasteiger partial charge on any atom is -0.396 e. The maximum atomic E-state index is 9.06. The molecule has 15 heavy (non-hydrogen) atoms. The van der Waals surface area contributed by atoms with E-state index in [9.17, 15) is 0 Å². The fraction of sp³-hybridized carbons (Fsp3) is 0.500. The van der Waals surface area contributed by atoms with Crippen LogP contribution < -0.4 is 4.90 Å². The summed E-state index contributed by atoms with van der Waals surface area (Å²) in [6.45, 7) is 2.00. The van der Waals surface area contributed by atoms with Crippen LogP contribution in [0.2, 0.25) is 5.02 Å². The lowest BCUT2D eigenvalue weighted by Gasteiger charge is -2.18. The molecule has 1 unspecified atom stereocenters. The average Bonchev–Trinajstić information content (AvgIpc) is 2.66. The van der Waals surface area contributed by atoms with Gasteiger partial charge in [0.1, 0.15) is 5.82 Å². The minimum atomic E-state index is 0.241. The topological polar surface area (TPSA) is 36.4 Å². The van der Waals surface area contributed by atoms with Crippen molar-refractivity contribution in [2.24, 2.45) is 5.92 Å². The first kappa shape index (κ1) is 11.2. The second-order valence-corrected chi connectivity index (χ2v) is 5.07. The monoisotopic (exact) mass is 290 g/mol. The van der Waals surface area contributed by atoms with Crippen LogP contribution in [-0.2, 0) is 0 Å². The van der Waals surface area contributed by atoms with Crippen LogP contribution in [-0.4, -0.2) is 29.8 Å². The van der Waals surface area contributed by atoms with E-state index < -0.39 is 0 Å². The van der Waals surface area contributed by atoms with Crippen LogP contribution in [0.1, 0.15) is 6.42 Å². The molecule has 82 valence electrons. The van der Waals surface area contributed by atoms with Crippen LogP contribution in [0.4, 0.5) is 5.82 Å². The van der Waals surface area contributed by atoms with Crippen molar-refractivity contribution in [2.75, 3.05) is 24.6 Å². The molecule has 1 fully saturated rings. The second-order valence-electron chi connectivity index (χ2n) is 3.74. The maximum Gasteiger partial charge on any atom is 0.147 e. The molecule has 0 aliphatic carbocycles.